The van der Waals surface area contributed by atoms with E-state index in [2.05, 4.69) is 33.0 Å². The van der Waals surface area contributed by atoms with Crippen molar-refractivity contribution in [3.05, 3.63) is 0 Å². The van der Waals surface area contributed by atoms with E-state index in [9.17, 15) is 0 Å². The van der Waals surface area contributed by atoms with Gasteiger partial charge in [-0.15, -0.1) is 0 Å². The molecule has 0 aliphatic heterocycles. The van der Waals surface area contributed by atoms with Gasteiger partial charge < -0.3 is 10.1 Å². The zero-order valence-electron chi connectivity index (χ0n) is 11.2. The summed E-state index contributed by atoms with van der Waals surface area (Å²) in [5.74, 6) is 0. The van der Waals surface area contributed by atoms with Gasteiger partial charge in [0.1, 0.15) is 0 Å². The molecule has 0 aliphatic carbocycles. The highest BCUT2D eigenvalue weighted by atomic mass is 16.5. The molecule has 0 saturated heterocycles. The Morgan fingerprint density at radius 2 is 1.93 bits per heavy atom. The molecule has 0 saturated carbocycles. The van der Waals surface area contributed by atoms with Crippen LogP contribution < -0.4 is 5.32 Å². The van der Waals surface area contributed by atoms with Crippen molar-refractivity contribution in [1.82, 2.24) is 5.32 Å². The lowest BCUT2D eigenvalue weighted by molar-refractivity contribution is 0.163. The van der Waals surface area contributed by atoms with Gasteiger partial charge in [-0.2, -0.15) is 0 Å². The minimum absolute atomic E-state index is 0.414. The van der Waals surface area contributed by atoms with Crippen LogP contribution in [0.1, 0.15) is 53.4 Å². The van der Waals surface area contributed by atoms with Crippen LogP contribution in [0.4, 0.5) is 0 Å². The van der Waals surface area contributed by atoms with Crippen LogP contribution >= 0.6 is 0 Å². The van der Waals surface area contributed by atoms with E-state index < -0.39 is 0 Å². The fourth-order valence-electron chi connectivity index (χ4n) is 1.70. The van der Waals surface area contributed by atoms with Crippen LogP contribution in [0.15, 0.2) is 0 Å². The van der Waals surface area contributed by atoms with Crippen LogP contribution in [0, 0.1) is 5.41 Å². The fourth-order valence-corrected chi connectivity index (χ4v) is 1.70. The topological polar surface area (TPSA) is 21.3 Å². The van der Waals surface area contributed by atoms with Crippen molar-refractivity contribution in [2.24, 2.45) is 5.41 Å². The molecular weight excluding hydrogens is 186 g/mol. The van der Waals surface area contributed by atoms with E-state index in [0.717, 1.165) is 13.2 Å². The van der Waals surface area contributed by atoms with Gasteiger partial charge in [0.15, 0.2) is 0 Å². The summed E-state index contributed by atoms with van der Waals surface area (Å²) in [6.45, 7) is 11.0. The second-order valence-electron chi connectivity index (χ2n) is 5.36. The molecular formula is C13H29NO. The Morgan fingerprint density at radius 1 is 1.27 bits per heavy atom. The summed E-state index contributed by atoms with van der Waals surface area (Å²) in [5, 5.41) is 3.53. The van der Waals surface area contributed by atoms with E-state index >= 15 is 0 Å². The second-order valence-corrected chi connectivity index (χ2v) is 5.36. The lowest BCUT2D eigenvalue weighted by atomic mass is 9.86. The smallest absolute Gasteiger partial charge is 0.0613 e. The third kappa shape index (κ3) is 8.88. The highest BCUT2D eigenvalue weighted by molar-refractivity contribution is 4.73. The fraction of sp³-hybridized carbons (Fsp3) is 1.00. The number of hydrogen-bond acceptors (Lipinski definition) is 2. The van der Waals surface area contributed by atoms with Crippen molar-refractivity contribution in [3.8, 4) is 0 Å². The molecule has 0 spiro atoms. The monoisotopic (exact) mass is 215 g/mol. The average Bonchev–Trinajstić information content (AvgIpc) is 2.16. The summed E-state index contributed by atoms with van der Waals surface area (Å²) in [6, 6.07) is 0.459. The number of methoxy groups -OCH3 is 1. The van der Waals surface area contributed by atoms with Crippen molar-refractivity contribution in [1.29, 1.82) is 0 Å². The molecule has 0 aliphatic rings. The molecule has 1 N–H and O–H groups in total. The summed E-state index contributed by atoms with van der Waals surface area (Å²) in [5.41, 5.74) is 0.414. The normalized spacial score (nSPS) is 14.2. The Labute approximate surface area is 95.8 Å². The Bertz CT molecular complexity index is 145. The molecule has 0 fully saturated rings. The molecule has 0 heterocycles. The van der Waals surface area contributed by atoms with Crippen LogP contribution in [0.25, 0.3) is 0 Å². The minimum atomic E-state index is 0.414. The Kier molecular flexibility index (Phi) is 8.07. The second kappa shape index (κ2) is 8.12. The molecule has 0 aromatic rings. The third-order valence-corrected chi connectivity index (χ3v) is 2.80. The van der Waals surface area contributed by atoms with E-state index in [4.69, 9.17) is 4.74 Å². The van der Waals surface area contributed by atoms with E-state index in [1.165, 1.54) is 25.7 Å². The Hall–Kier alpha value is -0.0800. The van der Waals surface area contributed by atoms with Gasteiger partial charge in [-0.25, -0.2) is 0 Å². The maximum absolute atomic E-state index is 5.10. The van der Waals surface area contributed by atoms with E-state index in [-0.39, 0.29) is 0 Å². The largest absolute Gasteiger partial charge is 0.383 e. The Morgan fingerprint density at radius 3 is 2.47 bits per heavy atom. The van der Waals surface area contributed by atoms with Gasteiger partial charge in [0.2, 0.25) is 0 Å². The molecule has 2 heteroatoms. The molecule has 0 bridgehead atoms. The van der Waals surface area contributed by atoms with Gasteiger partial charge in [-0.1, -0.05) is 40.0 Å². The van der Waals surface area contributed by atoms with Crippen LogP contribution in [0.5, 0.6) is 0 Å². The molecule has 0 aromatic carbocycles. The summed E-state index contributed by atoms with van der Waals surface area (Å²) in [7, 11) is 1.75. The summed E-state index contributed by atoms with van der Waals surface area (Å²) in [6.07, 6.45) is 5.33. The lowest BCUT2D eigenvalue weighted by Crippen LogP contribution is -2.37. The first-order valence-electron chi connectivity index (χ1n) is 6.24. The third-order valence-electron chi connectivity index (χ3n) is 2.80. The van der Waals surface area contributed by atoms with E-state index in [1.54, 1.807) is 7.11 Å². The van der Waals surface area contributed by atoms with Gasteiger partial charge in [0.25, 0.3) is 0 Å². The molecule has 0 rings (SSSR count). The molecule has 1 atom stereocenters. The van der Waals surface area contributed by atoms with Crippen molar-refractivity contribution >= 4 is 0 Å². The van der Waals surface area contributed by atoms with Crippen LogP contribution in [0.3, 0.4) is 0 Å². The lowest BCUT2D eigenvalue weighted by Gasteiger charge is -2.27. The molecule has 0 radical (unpaired) electrons. The first kappa shape index (κ1) is 14.9. The van der Waals surface area contributed by atoms with Crippen molar-refractivity contribution in [2.75, 3.05) is 20.3 Å². The predicted molar refractivity (Wildman–Crippen MR) is 67.3 cm³/mol. The van der Waals surface area contributed by atoms with Crippen LogP contribution in [-0.4, -0.2) is 26.3 Å². The molecule has 15 heavy (non-hydrogen) atoms. The summed E-state index contributed by atoms with van der Waals surface area (Å²) in [4.78, 5) is 0. The number of nitrogens with one attached hydrogen (secondary N) is 1. The first-order chi connectivity index (χ1) is 7.02. The molecule has 0 amide bonds. The number of unbranched alkanes of at least 4 members (excludes halogenated alkanes) is 2. The first-order valence-corrected chi connectivity index (χ1v) is 6.24. The molecule has 0 aromatic heterocycles. The van der Waals surface area contributed by atoms with E-state index in [1.807, 2.05) is 0 Å². The van der Waals surface area contributed by atoms with E-state index in [0.29, 0.717) is 11.5 Å². The van der Waals surface area contributed by atoms with Crippen molar-refractivity contribution < 1.29 is 4.74 Å². The van der Waals surface area contributed by atoms with Gasteiger partial charge in [-0.05, 0) is 18.8 Å². The Balaban J connectivity index is 3.62. The van der Waals surface area contributed by atoms with Gasteiger partial charge in [-0.3, -0.25) is 0 Å². The van der Waals surface area contributed by atoms with Gasteiger partial charge >= 0.3 is 0 Å². The van der Waals surface area contributed by atoms with Crippen molar-refractivity contribution in [2.45, 2.75) is 59.4 Å². The maximum Gasteiger partial charge on any atom is 0.0613 e. The molecule has 92 valence electrons. The SMILES string of the molecule is CCCCCC(C)(C)CNC(C)COC. The van der Waals surface area contributed by atoms with Gasteiger partial charge in [0.05, 0.1) is 6.61 Å². The zero-order chi connectivity index (χ0) is 11.7. The van der Waals surface area contributed by atoms with Crippen molar-refractivity contribution in [3.63, 3.8) is 0 Å². The van der Waals surface area contributed by atoms with Crippen LogP contribution in [0.2, 0.25) is 0 Å². The highest BCUT2D eigenvalue weighted by Crippen LogP contribution is 2.22. The average molecular weight is 215 g/mol. The highest BCUT2D eigenvalue weighted by Gasteiger charge is 2.17. The number of ether oxygens (including phenoxy) is 1. The van der Waals surface area contributed by atoms with Crippen LogP contribution in [-0.2, 0) is 4.74 Å². The number of hydrogen-bond donors (Lipinski definition) is 1. The summed E-state index contributed by atoms with van der Waals surface area (Å²) >= 11 is 0. The summed E-state index contributed by atoms with van der Waals surface area (Å²) < 4.78 is 5.10. The molecule has 2 nitrogen and oxygen atoms in total. The van der Waals surface area contributed by atoms with Gasteiger partial charge in [0, 0.05) is 19.7 Å². The zero-order valence-corrected chi connectivity index (χ0v) is 11.2. The quantitative estimate of drug-likeness (QED) is 0.596. The standard InChI is InChI=1S/C13H29NO/c1-6-7-8-9-13(3,4)11-14-12(2)10-15-5/h12,14H,6-11H2,1-5H3. The number of rotatable bonds is 9. The molecule has 1 unspecified atom stereocenters. The predicted octanol–water partition coefficient (Wildman–Crippen LogP) is 3.22. The minimum Gasteiger partial charge on any atom is -0.383 e. The maximum atomic E-state index is 5.10.